The molecular weight excluding hydrogens is 567 g/mol. The number of sulfonamides is 2. The highest BCUT2D eigenvalue weighted by Gasteiger charge is 2.36. The zero-order chi connectivity index (χ0) is 28.1. The first kappa shape index (κ1) is 30.1. The maximum atomic E-state index is 13.2. The standard InChI is InChI=1S/C24H27ClF3N3O5S2/c1-17(25)16-37(33,34)30-15-21-3-2-12-31(21)38(35,36)22-10-6-18(7-11-22)13-23(32)29-14-19-4-8-20(9-5-19)24(26,27)28/h4-11,21,30H,1-3,12-16H2,(H,29,32)/t21-/m1/s1. The van der Waals surface area contributed by atoms with E-state index < -0.39 is 43.6 Å². The fraction of sp³-hybridized carbons (Fsp3) is 0.375. The molecule has 14 heteroatoms. The Hall–Kier alpha value is -2.45. The first-order valence-corrected chi connectivity index (χ1v) is 15.0. The number of nitrogens with one attached hydrogen (secondary N) is 2. The van der Waals surface area contributed by atoms with Crippen LogP contribution in [0.2, 0.25) is 0 Å². The molecule has 1 atom stereocenters. The summed E-state index contributed by atoms with van der Waals surface area (Å²) in [6.07, 6.45) is -3.43. The van der Waals surface area contributed by atoms with Crippen molar-refractivity contribution in [1.29, 1.82) is 0 Å². The molecular formula is C24H27ClF3N3O5S2. The molecule has 3 rings (SSSR count). The van der Waals surface area contributed by atoms with Crippen LogP contribution >= 0.6 is 11.6 Å². The molecule has 0 bridgehead atoms. The van der Waals surface area contributed by atoms with Crippen molar-refractivity contribution in [2.75, 3.05) is 18.8 Å². The van der Waals surface area contributed by atoms with Gasteiger partial charge >= 0.3 is 6.18 Å². The topological polar surface area (TPSA) is 113 Å². The molecule has 0 aliphatic carbocycles. The average molecular weight is 594 g/mol. The summed E-state index contributed by atoms with van der Waals surface area (Å²) in [4.78, 5) is 12.3. The molecule has 2 aromatic rings. The summed E-state index contributed by atoms with van der Waals surface area (Å²) in [5.74, 6) is -0.847. The third-order valence-electron chi connectivity index (χ3n) is 5.87. The summed E-state index contributed by atoms with van der Waals surface area (Å²) in [7, 11) is -7.65. The first-order valence-electron chi connectivity index (χ1n) is 11.5. The van der Waals surface area contributed by atoms with Crippen molar-refractivity contribution in [2.45, 2.75) is 42.9 Å². The highest BCUT2D eigenvalue weighted by atomic mass is 35.5. The normalized spacial score (nSPS) is 16.9. The molecule has 8 nitrogen and oxygen atoms in total. The van der Waals surface area contributed by atoms with Gasteiger partial charge in [0.05, 0.1) is 22.6 Å². The monoisotopic (exact) mass is 593 g/mol. The molecule has 2 N–H and O–H groups in total. The van der Waals surface area contributed by atoms with Gasteiger partial charge in [-0.25, -0.2) is 21.6 Å². The van der Waals surface area contributed by atoms with Gasteiger partial charge in [0.2, 0.25) is 26.0 Å². The van der Waals surface area contributed by atoms with Crippen molar-refractivity contribution in [3.05, 3.63) is 76.8 Å². The van der Waals surface area contributed by atoms with Crippen molar-refractivity contribution in [3.8, 4) is 0 Å². The van der Waals surface area contributed by atoms with Crippen LogP contribution in [0, 0.1) is 0 Å². The molecule has 0 radical (unpaired) electrons. The van der Waals surface area contributed by atoms with Gasteiger partial charge in [0.15, 0.2) is 0 Å². The number of hydrogen-bond acceptors (Lipinski definition) is 5. The van der Waals surface area contributed by atoms with E-state index in [1.165, 1.54) is 40.7 Å². The SMILES string of the molecule is C=C(Cl)CS(=O)(=O)NC[C@H]1CCCN1S(=O)(=O)c1ccc(CC(=O)NCc2ccc(C(F)(F)F)cc2)cc1. The van der Waals surface area contributed by atoms with Crippen molar-refractivity contribution < 1.29 is 34.8 Å². The molecule has 1 aliphatic rings. The number of benzene rings is 2. The molecule has 0 aromatic heterocycles. The van der Waals surface area contributed by atoms with Crippen LogP contribution in [0.25, 0.3) is 0 Å². The molecule has 1 aliphatic heterocycles. The third-order valence-corrected chi connectivity index (χ3v) is 9.47. The van der Waals surface area contributed by atoms with Gasteiger partial charge in [-0.3, -0.25) is 4.79 Å². The maximum Gasteiger partial charge on any atom is 0.416 e. The van der Waals surface area contributed by atoms with Crippen LogP contribution in [0.5, 0.6) is 0 Å². The van der Waals surface area contributed by atoms with Gasteiger partial charge in [0.1, 0.15) is 0 Å². The van der Waals surface area contributed by atoms with E-state index in [1.807, 2.05) is 0 Å². The van der Waals surface area contributed by atoms with Crippen molar-refractivity contribution in [2.24, 2.45) is 0 Å². The molecule has 0 saturated carbocycles. The van der Waals surface area contributed by atoms with Crippen LogP contribution in [0.1, 0.15) is 29.5 Å². The summed E-state index contributed by atoms with van der Waals surface area (Å²) in [6, 6.07) is 9.66. The Morgan fingerprint density at radius 2 is 1.63 bits per heavy atom. The van der Waals surface area contributed by atoms with Crippen molar-refractivity contribution in [1.82, 2.24) is 14.3 Å². The van der Waals surface area contributed by atoms with Crippen LogP contribution in [0.3, 0.4) is 0 Å². The molecule has 1 fully saturated rings. The van der Waals surface area contributed by atoms with Crippen molar-refractivity contribution >= 4 is 37.6 Å². The highest BCUT2D eigenvalue weighted by Crippen LogP contribution is 2.29. The van der Waals surface area contributed by atoms with E-state index in [9.17, 15) is 34.8 Å². The number of carbonyl (C=O) groups is 1. The lowest BCUT2D eigenvalue weighted by Gasteiger charge is -2.24. The zero-order valence-corrected chi connectivity index (χ0v) is 22.6. The van der Waals surface area contributed by atoms with Crippen LogP contribution < -0.4 is 10.0 Å². The average Bonchev–Trinajstić information content (AvgIpc) is 3.31. The summed E-state index contributed by atoms with van der Waals surface area (Å²) in [5.41, 5.74) is 0.269. The Labute approximate surface area is 225 Å². The number of amides is 1. The van der Waals surface area contributed by atoms with Gasteiger partial charge in [-0.15, -0.1) is 0 Å². The van der Waals surface area contributed by atoms with E-state index in [4.69, 9.17) is 11.6 Å². The molecule has 38 heavy (non-hydrogen) atoms. The largest absolute Gasteiger partial charge is 0.416 e. The predicted octanol–water partition coefficient (Wildman–Crippen LogP) is 3.39. The van der Waals surface area contributed by atoms with Crippen LogP contribution in [0.4, 0.5) is 13.2 Å². The number of rotatable bonds is 11. The van der Waals surface area contributed by atoms with E-state index >= 15 is 0 Å². The lowest BCUT2D eigenvalue weighted by molar-refractivity contribution is -0.137. The third kappa shape index (κ3) is 8.27. The van der Waals surface area contributed by atoms with Gasteiger partial charge in [0.25, 0.3) is 0 Å². The number of nitrogens with zero attached hydrogens (tertiary/aromatic N) is 1. The number of carbonyl (C=O) groups excluding carboxylic acids is 1. The second-order valence-electron chi connectivity index (χ2n) is 8.83. The van der Waals surface area contributed by atoms with Gasteiger partial charge in [-0.05, 0) is 48.2 Å². The fourth-order valence-electron chi connectivity index (χ4n) is 3.98. The smallest absolute Gasteiger partial charge is 0.352 e. The molecule has 208 valence electrons. The summed E-state index contributed by atoms with van der Waals surface area (Å²) in [6.45, 7) is 3.54. The predicted molar refractivity (Wildman–Crippen MR) is 137 cm³/mol. The van der Waals surface area contributed by atoms with E-state index in [2.05, 4.69) is 16.6 Å². The summed E-state index contributed by atoms with van der Waals surface area (Å²) < 4.78 is 92.0. The van der Waals surface area contributed by atoms with Gasteiger partial charge in [0, 0.05) is 30.7 Å². The van der Waals surface area contributed by atoms with Crippen LogP contribution in [-0.2, 0) is 44.0 Å². The van der Waals surface area contributed by atoms with Gasteiger partial charge < -0.3 is 5.32 Å². The minimum absolute atomic E-state index is 0.00954. The van der Waals surface area contributed by atoms with E-state index in [0.717, 1.165) is 12.1 Å². The molecule has 1 saturated heterocycles. The lowest BCUT2D eigenvalue weighted by atomic mass is 10.1. The van der Waals surface area contributed by atoms with Gasteiger partial charge in [-0.1, -0.05) is 42.4 Å². The Balaban J connectivity index is 1.57. The minimum Gasteiger partial charge on any atom is -0.352 e. The Morgan fingerprint density at radius 3 is 2.21 bits per heavy atom. The highest BCUT2D eigenvalue weighted by molar-refractivity contribution is 7.89. The van der Waals surface area contributed by atoms with Crippen LogP contribution in [-0.4, -0.2) is 51.9 Å². The van der Waals surface area contributed by atoms with E-state index in [-0.39, 0.29) is 41.9 Å². The Morgan fingerprint density at radius 1 is 1.03 bits per heavy atom. The van der Waals surface area contributed by atoms with Gasteiger partial charge in [-0.2, -0.15) is 17.5 Å². The lowest BCUT2D eigenvalue weighted by Crippen LogP contribution is -2.43. The molecule has 0 spiro atoms. The summed E-state index contributed by atoms with van der Waals surface area (Å²) in [5, 5.41) is 2.57. The second-order valence-corrected chi connectivity index (χ2v) is 13.1. The molecule has 1 amide bonds. The Kier molecular flexibility index (Phi) is 9.63. The quantitative estimate of drug-likeness (QED) is 0.415. The Bertz CT molecular complexity index is 1360. The molecule has 1 heterocycles. The molecule has 0 unspecified atom stereocenters. The first-order chi connectivity index (χ1) is 17.7. The fourth-order valence-corrected chi connectivity index (χ4v) is 7.07. The number of hydrogen-bond donors (Lipinski definition) is 2. The van der Waals surface area contributed by atoms with E-state index in [0.29, 0.717) is 24.0 Å². The maximum absolute atomic E-state index is 13.2. The molecule has 2 aromatic carbocycles. The summed E-state index contributed by atoms with van der Waals surface area (Å²) >= 11 is 5.57. The second kappa shape index (κ2) is 12.2. The number of halogens is 4. The zero-order valence-electron chi connectivity index (χ0n) is 20.2. The number of alkyl halides is 3. The minimum atomic E-state index is -4.44. The van der Waals surface area contributed by atoms with Crippen LogP contribution in [0.15, 0.2) is 65.0 Å². The van der Waals surface area contributed by atoms with E-state index in [1.54, 1.807) is 0 Å². The van der Waals surface area contributed by atoms with Crippen molar-refractivity contribution in [3.63, 3.8) is 0 Å².